The van der Waals surface area contributed by atoms with Gasteiger partial charge in [0.15, 0.2) is 0 Å². The fourth-order valence-corrected chi connectivity index (χ4v) is 3.80. The highest BCUT2D eigenvalue weighted by atomic mass is 16.6. The van der Waals surface area contributed by atoms with Gasteiger partial charge in [-0.1, -0.05) is 0 Å². The van der Waals surface area contributed by atoms with Crippen LogP contribution >= 0.6 is 0 Å². The lowest BCUT2D eigenvalue weighted by molar-refractivity contribution is -0.159. The SMILES string of the molecule is CC(C)(C)OC(=O)[C@@H]1CC(C23CC(C2)C3)CN1. The Morgan fingerprint density at radius 3 is 2.41 bits per heavy atom. The molecule has 0 spiro atoms. The lowest BCUT2D eigenvalue weighted by atomic mass is 9.40. The minimum atomic E-state index is -0.368. The molecule has 96 valence electrons. The Balaban J connectivity index is 1.55. The molecule has 0 radical (unpaired) electrons. The molecule has 1 saturated heterocycles. The molecule has 3 saturated carbocycles. The van der Waals surface area contributed by atoms with Crippen molar-refractivity contribution in [3.8, 4) is 0 Å². The van der Waals surface area contributed by atoms with Crippen LogP contribution in [-0.4, -0.2) is 24.2 Å². The van der Waals surface area contributed by atoms with E-state index in [0.717, 1.165) is 18.9 Å². The Morgan fingerprint density at radius 1 is 1.29 bits per heavy atom. The highest BCUT2D eigenvalue weighted by molar-refractivity contribution is 5.76. The van der Waals surface area contributed by atoms with Gasteiger partial charge in [-0.25, -0.2) is 0 Å². The summed E-state index contributed by atoms with van der Waals surface area (Å²) in [5, 5.41) is 3.35. The number of rotatable bonds is 2. The molecule has 3 aliphatic carbocycles. The number of carbonyl (C=O) groups is 1. The van der Waals surface area contributed by atoms with Crippen molar-refractivity contribution in [2.45, 2.75) is 58.1 Å². The van der Waals surface area contributed by atoms with Gasteiger partial charge in [0.1, 0.15) is 11.6 Å². The second-order valence-corrected chi connectivity index (χ2v) is 7.27. The van der Waals surface area contributed by atoms with Gasteiger partial charge in [0, 0.05) is 0 Å². The van der Waals surface area contributed by atoms with Crippen molar-refractivity contribution in [2.75, 3.05) is 6.54 Å². The maximum atomic E-state index is 12.0. The van der Waals surface area contributed by atoms with Gasteiger partial charge < -0.3 is 10.1 Å². The predicted molar refractivity (Wildman–Crippen MR) is 65.5 cm³/mol. The topological polar surface area (TPSA) is 38.3 Å². The Bertz CT molecular complexity index is 328. The van der Waals surface area contributed by atoms with E-state index in [0.29, 0.717) is 11.3 Å². The van der Waals surface area contributed by atoms with Crippen LogP contribution in [0.3, 0.4) is 0 Å². The first kappa shape index (κ1) is 11.5. The number of hydrogen-bond donors (Lipinski definition) is 1. The van der Waals surface area contributed by atoms with E-state index in [1.54, 1.807) is 0 Å². The summed E-state index contributed by atoms with van der Waals surface area (Å²) in [6.45, 7) is 6.80. The number of nitrogens with one attached hydrogen (secondary N) is 1. The molecule has 0 aromatic heterocycles. The molecule has 0 amide bonds. The van der Waals surface area contributed by atoms with E-state index in [4.69, 9.17) is 4.74 Å². The normalized spacial score (nSPS) is 43.8. The number of carbonyl (C=O) groups excluding carboxylic acids is 1. The van der Waals surface area contributed by atoms with Crippen LogP contribution in [0.4, 0.5) is 0 Å². The summed E-state index contributed by atoms with van der Waals surface area (Å²) in [5.41, 5.74) is 0.252. The molecular weight excluding hydrogens is 214 g/mol. The van der Waals surface area contributed by atoms with Crippen molar-refractivity contribution in [1.29, 1.82) is 0 Å². The lowest BCUT2D eigenvalue weighted by Crippen LogP contribution is -2.56. The molecule has 0 aromatic carbocycles. The van der Waals surface area contributed by atoms with Gasteiger partial charge in [0.25, 0.3) is 0 Å². The van der Waals surface area contributed by atoms with Crippen molar-refractivity contribution in [3.63, 3.8) is 0 Å². The molecule has 17 heavy (non-hydrogen) atoms. The van der Waals surface area contributed by atoms with Gasteiger partial charge in [-0.05, 0) is 70.3 Å². The van der Waals surface area contributed by atoms with Gasteiger partial charge in [-0.3, -0.25) is 4.79 Å². The average Bonchev–Trinajstić information content (AvgIpc) is 2.43. The standard InChI is InChI=1S/C14H23NO2/c1-13(2,3)17-12(16)11-4-10(8-15-11)14-5-9(6-14)7-14/h9-11,15H,4-8H2,1-3H3/t9?,10?,11-,14?/m0/s1. The fourth-order valence-electron chi connectivity index (χ4n) is 3.80. The van der Waals surface area contributed by atoms with E-state index in [-0.39, 0.29) is 17.6 Å². The Hall–Kier alpha value is -0.570. The summed E-state index contributed by atoms with van der Waals surface area (Å²) >= 11 is 0. The first-order valence-corrected chi connectivity index (χ1v) is 6.84. The summed E-state index contributed by atoms with van der Waals surface area (Å²) in [6.07, 6.45) is 5.24. The van der Waals surface area contributed by atoms with Crippen LogP contribution in [0.1, 0.15) is 46.5 Å². The largest absolute Gasteiger partial charge is 0.459 e. The monoisotopic (exact) mass is 237 g/mol. The zero-order chi connectivity index (χ0) is 12.3. The number of hydrogen-bond acceptors (Lipinski definition) is 3. The first-order valence-electron chi connectivity index (χ1n) is 6.84. The molecule has 0 aromatic rings. The van der Waals surface area contributed by atoms with Crippen LogP contribution in [-0.2, 0) is 9.53 Å². The summed E-state index contributed by atoms with van der Waals surface area (Å²) in [7, 11) is 0. The van der Waals surface area contributed by atoms with Gasteiger partial charge >= 0.3 is 5.97 Å². The molecule has 3 nitrogen and oxygen atoms in total. The molecule has 4 aliphatic rings. The van der Waals surface area contributed by atoms with Gasteiger partial charge in [0.05, 0.1) is 0 Å². The minimum Gasteiger partial charge on any atom is -0.459 e. The third kappa shape index (κ3) is 1.88. The molecule has 2 atom stereocenters. The third-order valence-electron chi connectivity index (χ3n) is 4.77. The van der Waals surface area contributed by atoms with E-state index < -0.39 is 0 Å². The van der Waals surface area contributed by atoms with Crippen LogP contribution < -0.4 is 5.32 Å². The van der Waals surface area contributed by atoms with Gasteiger partial charge in [0.2, 0.25) is 0 Å². The quantitative estimate of drug-likeness (QED) is 0.748. The molecule has 2 bridgehead atoms. The molecule has 1 aliphatic heterocycles. The summed E-state index contributed by atoms with van der Waals surface area (Å²) in [4.78, 5) is 12.0. The van der Waals surface area contributed by atoms with Crippen molar-refractivity contribution in [1.82, 2.24) is 5.32 Å². The van der Waals surface area contributed by atoms with Crippen molar-refractivity contribution in [3.05, 3.63) is 0 Å². The van der Waals surface area contributed by atoms with Crippen molar-refractivity contribution in [2.24, 2.45) is 17.3 Å². The van der Waals surface area contributed by atoms with Crippen molar-refractivity contribution < 1.29 is 9.53 Å². The molecule has 1 unspecified atom stereocenters. The van der Waals surface area contributed by atoms with Crippen LogP contribution in [0.25, 0.3) is 0 Å². The minimum absolute atomic E-state index is 0.0618. The molecular formula is C14H23NO2. The zero-order valence-corrected chi connectivity index (χ0v) is 11.1. The average molecular weight is 237 g/mol. The Kier molecular flexibility index (Phi) is 2.35. The number of esters is 1. The number of ether oxygens (including phenoxy) is 1. The second kappa shape index (κ2) is 3.47. The second-order valence-electron chi connectivity index (χ2n) is 7.27. The van der Waals surface area contributed by atoms with Crippen LogP contribution in [0, 0.1) is 17.3 Å². The summed E-state index contributed by atoms with van der Waals surface area (Å²) in [6, 6.07) is -0.0618. The van der Waals surface area contributed by atoms with Gasteiger partial charge in [-0.15, -0.1) is 0 Å². The van der Waals surface area contributed by atoms with Crippen LogP contribution in [0.5, 0.6) is 0 Å². The highest BCUT2D eigenvalue weighted by Crippen LogP contribution is 2.69. The molecule has 1 N–H and O–H groups in total. The van der Waals surface area contributed by atoms with E-state index in [1.165, 1.54) is 19.3 Å². The Labute approximate surface area is 103 Å². The van der Waals surface area contributed by atoms with Gasteiger partial charge in [-0.2, -0.15) is 0 Å². The molecule has 1 heterocycles. The van der Waals surface area contributed by atoms with Crippen LogP contribution in [0.15, 0.2) is 0 Å². The zero-order valence-electron chi connectivity index (χ0n) is 11.1. The van der Waals surface area contributed by atoms with Crippen molar-refractivity contribution >= 4 is 5.97 Å². The molecule has 4 fully saturated rings. The van der Waals surface area contributed by atoms with Crippen LogP contribution in [0.2, 0.25) is 0 Å². The van der Waals surface area contributed by atoms with E-state index in [9.17, 15) is 4.79 Å². The maximum Gasteiger partial charge on any atom is 0.323 e. The Morgan fingerprint density at radius 2 is 1.94 bits per heavy atom. The smallest absolute Gasteiger partial charge is 0.323 e. The summed E-state index contributed by atoms with van der Waals surface area (Å²) in [5.74, 6) is 1.67. The third-order valence-corrected chi connectivity index (χ3v) is 4.77. The fraction of sp³-hybridized carbons (Fsp3) is 0.929. The predicted octanol–water partition coefficient (Wildman–Crippen LogP) is 2.11. The first-order chi connectivity index (χ1) is 7.88. The summed E-state index contributed by atoms with van der Waals surface area (Å²) < 4.78 is 5.45. The molecule has 3 heteroatoms. The van der Waals surface area contributed by atoms with E-state index >= 15 is 0 Å². The van der Waals surface area contributed by atoms with E-state index in [1.807, 2.05) is 20.8 Å². The molecule has 4 rings (SSSR count). The maximum absolute atomic E-state index is 12.0. The lowest BCUT2D eigenvalue weighted by Gasteiger charge is -2.65. The van der Waals surface area contributed by atoms with E-state index in [2.05, 4.69) is 5.32 Å². The highest BCUT2D eigenvalue weighted by Gasteiger charge is 2.61.